The molecule has 2 N–H and O–H groups in total. The molecule has 1 aromatic rings. The lowest BCUT2D eigenvalue weighted by Crippen LogP contribution is -2.42. The van der Waals surface area contributed by atoms with E-state index in [0.717, 1.165) is 4.57 Å². The number of hydrogen-bond donors (Lipinski definition) is 2. The smallest absolute Gasteiger partial charge is 0.333 e. The van der Waals surface area contributed by atoms with Gasteiger partial charge in [0.05, 0.1) is 19.3 Å². The van der Waals surface area contributed by atoms with Gasteiger partial charge < -0.3 is 14.9 Å². The SMILES string of the molecule is C#CCn1c(=O)c(C)cn(C(C[C@H](O)CO)OC)c1=O. The largest absolute Gasteiger partial charge is 0.394 e. The number of aryl methyl sites for hydroxylation is 1. The first-order valence-corrected chi connectivity index (χ1v) is 6.04. The minimum absolute atomic E-state index is 0.0145. The summed E-state index contributed by atoms with van der Waals surface area (Å²) in [6, 6.07) is 0. The van der Waals surface area contributed by atoms with Crippen LogP contribution in [0.2, 0.25) is 0 Å². The number of aliphatic hydroxyl groups excluding tert-OH is 2. The van der Waals surface area contributed by atoms with Crippen LogP contribution in [0, 0.1) is 19.3 Å². The second-order valence-electron chi connectivity index (χ2n) is 4.36. The Labute approximate surface area is 116 Å². The maximum Gasteiger partial charge on any atom is 0.333 e. The molecule has 1 unspecified atom stereocenters. The van der Waals surface area contributed by atoms with Gasteiger partial charge in [0.25, 0.3) is 5.56 Å². The van der Waals surface area contributed by atoms with E-state index in [1.165, 1.54) is 17.9 Å². The quantitative estimate of drug-likeness (QED) is 0.642. The molecule has 0 amide bonds. The van der Waals surface area contributed by atoms with Crippen LogP contribution in [0.4, 0.5) is 0 Å². The topological polar surface area (TPSA) is 93.7 Å². The van der Waals surface area contributed by atoms with Crippen molar-refractivity contribution < 1.29 is 14.9 Å². The van der Waals surface area contributed by atoms with Gasteiger partial charge in [0.15, 0.2) is 0 Å². The van der Waals surface area contributed by atoms with Gasteiger partial charge in [0, 0.05) is 25.3 Å². The highest BCUT2D eigenvalue weighted by molar-refractivity contribution is 5.05. The van der Waals surface area contributed by atoms with E-state index in [1.54, 1.807) is 6.92 Å². The molecule has 0 aromatic carbocycles. The molecule has 0 aliphatic carbocycles. The molecule has 0 aliphatic rings. The minimum Gasteiger partial charge on any atom is -0.394 e. The summed E-state index contributed by atoms with van der Waals surface area (Å²) < 4.78 is 7.25. The van der Waals surface area contributed by atoms with Crippen molar-refractivity contribution in [3.05, 3.63) is 32.6 Å². The molecule has 0 radical (unpaired) electrons. The fourth-order valence-electron chi connectivity index (χ4n) is 1.83. The number of nitrogens with zero attached hydrogens (tertiary/aromatic N) is 2. The Morgan fingerprint density at radius 3 is 2.65 bits per heavy atom. The van der Waals surface area contributed by atoms with E-state index >= 15 is 0 Å². The average Bonchev–Trinajstić information content (AvgIpc) is 2.44. The monoisotopic (exact) mass is 282 g/mol. The van der Waals surface area contributed by atoms with Crippen molar-refractivity contribution in [2.45, 2.75) is 32.2 Å². The molecule has 0 saturated heterocycles. The third kappa shape index (κ3) is 3.36. The Balaban J connectivity index is 3.34. The summed E-state index contributed by atoms with van der Waals surface area (Å²) in [6.07, 6.45) is 4.69. The number of ether oxygens (including phenoxy) is 1. The zero-order chi connectivity index (χ0) is 15.3. The van der Waals surface area contributed by atoms with Crippen molar-refractivity contribution in [1.82, 2.24) is 9.13 Å². The normalized spacial score (nSPS) is 13.8. The van der Waals surface area contributed by atoms with Crippen molar-refractivity contribution >= 4 is 0 Å². The Bertz CT molecular complexity index is 611. The van der Waals surface area contributed by atoms with E-state index in [1.807, 2.05) is 0 Å². The van der Waals surface area contributed by atoms with E-state index in [-0.39, 0.29) is 13.0 Å². The fourth-order valence-corrected chi connectivity index (χ4v) is 1.83. The lowest BCUT2D eigenvalue weighted by atomic mass is 10.2. The predicted molar refractivity (Wildman–Crippen MR) is 72.3 cm³/mol. The van der Waals surface area contributed by atoms with Crippen molar-refractivity contribution in [2.75, 3.05) is 13.7 Å². The van der Waals surface area contributed by atoms with Crippen molar-refractivity contribution in [2.24, 2.45) is 0 Å². The second-order valence-corrected chi connectivity index (χ2v) is 4.36. The molecule has 7 nitrogen and oxygen atoms in total. The average molecular weight is 282 g/mol. The van der Waals surface area contributed by atoms with Crippen LogP contribution in [0.25, 0.3) is 0 Å². The van der Waals surface area contributed by atoms with Crippen LogP contribution in [0.15, 0.2) is 15.8 Å². The van der Waals surface area contributed by atoms with Crippen molar-refractivity contribution in [3.8, 4) is 12.3 Å². The molecule has 110 valence electrons. The number of aliphatic hydroxyl groups is 2. The lowest BCUT2D eigenvalue weighted by molar-refractivity contribution is -0.0194. The summed E-state index contributed by atoms with van der Waals surface area (Å²) in [7, 11) is 1.37. The highest BCUT2D eigenvalue weighted by atomic mass is 16.5. The molecular weight excluding hydrogens is 264 g/mol. The highest BCUT2D eigenvalue weighted by Crippen LogP contribution is 2.12. The molecule has 1 aromatic heterocycles. The number of terminal acetylenes is 1. The van der Waals surface area contributed by atoms with Gasteiger partial charge in [-0.2, -0.15) is 0 Å². The molecule has 1 rings (SSSR count). The third-order valence-corrected chi connectivity index (χ3v) is 2.88. The molecule has 0 spiro atoms. The van der Waals surface area contributed by atoms with Crippen LogP contribution in [0.3, 0.4) is 0 Å². The minimum atomic E-state index is -1.03. The van der Waals surface area contributed by atoms with E-state index in [0.29, 0.717) is 5.56 Å². The van der Waals surface area contributed by atoms with Gasteiger partial charge in [0.1, 0.15) is 6.23 Å². The first-order chi connectivity index (χ1) is 9.46. The predicted octanol–water partition coefficient (Wildman–Crippen LogP) is -1.16. The summed E-state index contributed by atoms with van der Waals surface area (Å²) in [5, 5.41) is 18.3. The zero-order valence-electron chi connectivity index (χ0n) is 11.4. The van der Waals surface area contributed by atoms with Crippen LogP contribution < -0.4 is 11.2 Å². The molecule has 0 aliphatic heterocycles. The maximum atomic E-state index is 12.2. The molecule has 0 bridgehead atoms. The van der Waals surface area contributed by atoms with Crippen molar-refractivity contribution in [1.29, 1.82) is 0 Å². The number of methoxy groups -OCH3 is 1. The molecule has 7 heteroatoms. The first-order valence-electron chi connectivity index (χ1n) is 6.04. The summed E-state index contributed by atoms with van der Waals surface area (Å²) in [5.41, 5.74) is -0.738. The van der Waals surface area contributed by atoms with Gasteiger partial charge in [0.2, 0.25) is 0 Å². The fraction of sp³-hybridized carbons (Fsp3) is 0.538. The molecule has 1 heterocycles. The summed E-state index contributed by atoms with van der Waals surface area (Å²) >= 11 is 0. The van der Waals surface area contributed by atoms with E-state index in [4.69, 9.17) is 16.3 Å². The first kappa shape index (κ1) is 16.2. The van der Waals surface area contributed by atoms with Crippen LogP contribution in [-0.4, -0.2) is 39.2 Å². The van der Waals surface area contributed by atoms with E-state index in [2.05, 4.69) is 5.92 Å². The number of aromatic nitrogens is 2. The molecular formula is C13H18N2O5. The van der Waals surface area contributed by atoms with E-state index < -0.39 is 30.2 Å². The van der Waals surface area contributed by atoms with Gasteiger partial charge in [-0.05, 0) is 6.92 Å². The van der Waals surface area contributed by atoms with Gasteiger partial charge in [-0.15, -0.1) is 6.42 Å². The Hall–Kier alpha value is -1.88. The third-order valence-electron chi connectivity index (χ3n) is 2.88. The summed E-state index contributed by atoms with van der Waals surface area (Å²) in [4.78, 5) is 24.1. The molecule has 20 heavy (non-hydrogen) atoms. The van der Waals surface area contributed by atoms with Gasteiger partial charge >= 0.3 is 5.69 Å². The highest BCUT2D eigenvalue weighted by Gasteiger charge is 2.19. The zero-order valence-corrected chi connectivity index (χ0v) is 11.4. The number of rotatable bonds is 6. The van der Waals surface area contributed by atoms with Crippen LogP contribution in [-0.2, 0) is 11.3 Å². The lowest BCUT2D eigenvalue weighted by Gasteiger charge is -2.21. The maximum absolute atomic E-state index is 12.2. The van der Waals surface area contributed by atoms with Crippen LogP contribution >= 0.6 is 0 Å². The van der Waals surface area contributed by atoms with Gasteiger partial charge in [-0.1, -0.05) is 5.92 Å². The standard InChI is InChI=1S/C13H18N2O5/c1-4-5-14-12(18)9(2)7-15(13(14)19)11(20-3)6-10(17)8-16/h1,7,10-11,16-17H,5-6,8H2,2-3H3/t10-,11?/m0/s1. The summed E-state index contributed by atoms with van der Waals surface area (Å²) in [6.45, 7) is 0.969. The van der Waals surface area contributed by atoms with Gasteiger partial charge in [-0.25, -0.2) is 9.36 Å². The van der Waals surface area contributed by atoms with Crippen LogP contribution in [0.1, 0.15) is 18.2 Å². The molecule has 0 fully saturated rings. The van der Waals surface area contributed by atoms with Crippen molar-refractivity contribution in [3.63, 3.8) is 0 Å². The van der Waals surface area contributed by atoms with Crippen LogP contribution in [0.5, 0.6) is 0 Å². The number of hydrogen-bond acceptors (Lipinski definition) is 5. The van der Waals surface area contributed by atoms with Gasteiger partial charge in [-0.3, -0.25) is 9.36 Å². The Kier molecular flexibility index (Phi) is 5.70. The molecule has 2 atom stereocenters. The molecule has 0 saturated carbocycles. The van der Waals surface area contributed by atoms with E-state index in [9.17, 15) is 14.7 Å². The Morgan fingerprint density at radius 1 is 1.50 bits per heavy atom. The second kappa shape index (κ2) is 7.05. The Morgan fingerprint density at radius 2 is 2.15 bits per heavy atom. The summed E-state index contributed by atoms with van der Waals surface area (Å²) in [5.74, 6) is 2.25.